The first-order valence-electron chi connectivity index (χ1n) is 9.13. The van der Waals surface area contributed by atoms with Gasteiger partial charge in [-0.25, -0.2) is 0 Å². The second-order valence-electron chi connectivity index (χ2n) is 6.67. The van der Waals surface area contributed by atoms with E-state index in [0.717, 1.165) is 12.1 Å². The summed E-state index contributed by atoms with van der Waals surface area (Å²) in [6.07, 6.45) is -4.76. The van der Waals surface area contributed by atoms with Crippen molar-refractivity contribution in [2.45, 2.75) is 6.36 Å². The van der Waals surface area contributed by atoms with Crippen molar-refractivity contribution in [3.8, 4) is 5.75 Å². The molecule has 0 bridgehead atoms. The summed E-state index contributed by atoms with van der Waals surface area (Å²) in [4.78, 5) is 28.4. The van der Waals surface area contributed by atoms with E-state index in [1.165, 1.54) is 12.1 Å². The predicted molar refractivity (Wildman–Crippen MR) is 106 cm³/mol. The van der Waals surface area contributed by atoms with Crippen LogP contribution in [0.1, 0.15) is 10.4 Å². The Morgan fingerprint density at radius 3 is 2.23 bits per heavy atom. The summed E-state index contributed by atoms with van der Waals surface area (Å²) in [5.41, 5.74) is 0.811. The molecule has 3 rings (SSSR count). The van der Waals surface area contributed by atoms with E-state index in [1.54, 1.807) is 29.2 Å². The van der Waals surface area contributed by atoms with Gasteiger partial charge in [0.05, 0.1) is 17.1 Å². The highest BCUT2D eigenvalue weighted by atomic mass is 35.5. The topological polar surface area (TPSA) is 61.9 Å². The number of hydrogen-bond donors (Lipinski definition) is 1. The molecule has 30 heavy (non-hydrogen) atoms. The first-order valence-corrected chi connectivity index (χ1v) is 9.51. The molecule has 2 aromatic carbocycles. The van der Waals surface area contributed by atoms with E-state index < -0.39 is 6.36 Å². The van der Waals surface area contributed by atoms with Crippen LogP contribution in [0.5, 0.6) is 5.75 Å². The summed E-state index contributed by atoms with van der Waals surface area (Å²) < 4.78 is 40.3. The summed E-state index contributed by atoms with van der Waals surface area (Å²) in [6.45, 7) is 2.06. The molecule has 0 unspecified atom stereocenters. The van der Waals surface area contributed by atoms with Crippen LogP contribution in [-0.2, 0) is 4.79 Å². The van der Waals surface area contributed by atoms with Crippen LogP contribution in [-0.4, -0.2) is 60.7 Å². The number of carbonyl (C=O) groups is 2. The van der Waals surface area contributed by atoms with Crippen LogP contribution >= 0.6 is 11.6 Å². The minimum Gasteiger partial charge on any atom is -0.406 e. The molecule has 1 fully saturated rings. The zero-order valence-corrected chi connectivity index (χ0v) is 16.5. The van der Waals surface area contributed by atoms with Crippen LogP contribution in [0.15, 0.2) is 48.5 Å². The summed E-state index contributed by atoms with van der Waals surface area (Å²) in [5, 5.41) is 3.03. The molecule has 2 amide bonds. The second kappa shape index (κ2) is 9.36. The molecule has 10 heteroatoms. The minimum atomic E-state index is -4.76. The highest BCUT2D eigenvalue weighted by Crippen LogP contribution is 2.24. The molecule has 1 N–H and O–H groups in total. The van der Waals surface area contributed by atoms with Crippen LogP contribution in [0.3, 0.4) is 0 Å². The number of carbonyl (C=O) groups excluding carboxylic acids is 2. The van der Waals surface area contributed by atoms with Gasteiger partial charge < -0.3 is 15.0 Å². The van der Waals surface area contributed by atoms with E-state index >= 15 is 0 Å². The summed E-state index contributed by atoms with van der Waals surface area (Å²) in [5.74, 6) is -0.809. The molecule has 0 aromatic heterocycles. The minimum absolute atomic E-state index is 0.106. The molecule has 0 atom stereocenters. The summed E-state index contributed by atoms with van der Waals surface area (Å²) in [6, 6.07) is 11.8. The molecule has 160 valence electrons. The Morgan fingerprint density at radius 1 is 1.00 bits per heavy atom. The van der Waals surface area contributed by atoms with Crippen molar-refractivity contribution in [2.24, 2.45) is 0 Å². The smallest absolute Gasteiger partial charge is 0.406 e. The number of halogens is 4. The maximum Gasteiger partial charge on any atom is 0.573 e. The lowest BCUT2D eigenvalue weighted by molar-refractivity contribution is -0.274. The van der Waals surface area contributed by atoms with Crippen molar-refractivity contribution in [3.05, 3.63) is 59.1 Å². The van der Waals surface area contributed by atoms with Crippen molar-refractivity contribution in [1.82, 2.24) is 9.80 Å². The van der Waals surface area contributed by atoms with Gasteiger partial charge in [0.15, 0.2) is 0 Å². The van der Waals surface area contributed by atoms with E-state index in [0.29, 0.717) is 42.5 Å². The molecule has 0 aliphatic carbocycles. The lowest BCUT2D eigenvalue weighted by Gasteiger charge is -2.34. The van der Waals surface area contributed by atoms with Gasteiger partial charge in [-0.1, -0.05) is 23.7 Å². The molecular weight excluding hydrogens is 423 g/mol. The number of nitrogens with zero attached hydrogens (tertiary/aromatic N) is 2. The molecule has 1 heterocycles. The maximum absolute atomic E-state index is 12.6. The van der Waals surface area contributed by atoms with Gasteiger partial charge >= 0.3 is 6.36 Å². The molecule has 0 spiro atoms. The Kier molecular flexibility index (Phi) is 6.84. The normalized spacial score (nSPS) is 15.0. The highest BCUT2D eigenvalue weighted by molar-refractivity contribution is 6.33. The fourth-order valence-corrected chi connectivity index (χ4v) is 3.27. The first-order chi connectivity index (χ1) is 14.2. The monoisotopic (exact) mass is 441 g/mol. The summed E-state index contributed by atoms with van der Waals surface area (Å²) >= 11 is 6.08. The maximum atomic E-state index is 12.6. The van der Waals surface area contributed by atoms with Crippen molar-refractivity contribution >= 4 is 29.1 Å². The number of anilines is 1. The van der Waals surface area contributed by atoms with Gasteiger partial charge in [-0.2, -0.15) is 0 Å². The number of nitrogens with one attached hydrogen (secondary N) is 1. The van der Waals surface area contributed by atoms with Crippen molar-refractivity contribution < 1.29 is 27.5 Å². The third-order valence-electron chi connectivity index (χ3n) is 4.50. The molecule has 1 aliphatic heterocycles. The Morgan fingerprint density at radius 2 is 1.63 bits per heavy atom. The Labute approximate surface area is 176 Å². The van der Waals surface area contributed by atoms with Gasteiger partial charge in [0.25, 0.3) is 5.91 Å². The van der Waals surface area contributed by atoms with Gasteiger partial charge in [-0.3, -0.25) is 14.5 Å². The predicted octanol–water partition coefficient (Wildman–Crippen LogP) is 3.64. The van der Waals surface area contributed by atoms with E-state index in [-0.39, 0.29) is 24.1 Å². The SMILES string of the molecule is O=C(CN1CCN(C(=O)c2ccccc2Cl)CC1)Nc1ccc(OC(F)(F)F)cc1. The number of amides is 2. The number of alkyl halides is 3. The van der Waals surface area contributed by atoms with Crippen molar-refractivity contribution in [3.63, 3.8) is 0 Å². The zero-order chi connectivity index (χ0) is 21.7. The molecule has 0 radical (unpaired) electrons. The number of hydrogen-bond acceptors (Lipinski definition) is 4. The molecule has 6 nitrogen and oxygen atoms in total. The second-order valence-corrected chi connectivity index (χ2v) is 7.08. The van der Waals surface area contributed by atoms with E-state index in [9.17, 15) is 22.8 Å². The van der Waals surface area contributed by atoms with Gasteiger partial charge in [-0.15, -0.1) is 13.2 Å². The fraction of sp³-hybridized carbons (Fsp3) is 0.300. The highest BCUT2D eigenvalue weighted by Gasteiger charge is 2.31. The number of rotatable bonds is 5. The van der Waals surface area contributed by atoms with Crippen LogP contribution in [0.2, 0.25) is 5.02 Å². The first kappa shape index (κ1) is 21.9. The van der Waals surface area contributed by atoms with Crippen LogP contribution in [0.4, 0.5) is 18.9 Å². The number of ether oxygens (including phenoxy) is 1. The Balaban J connectivity index is 1.46. The van der Waals surface area contributed by atoms with Crippen LogP contribution in [0, 0.1) is 0 Å². The third kappa shape index (κ3) is 6.11. The molecule has 1 saturated heterocycles. The Hall–Kier alpha value is -2.78. The van der Waals surface area contributed by atoms with Gasteiger partial charge in [0.1, 0.15) is 5.75 Å². The number of piperazine rings is 1. The van der Waals surface area contributed by atoms with E-state index in [1.807, 2.05) is 4.90 Å². The zero-order valence-electron chi connectivity index (χ0n) is 15.8. The Bertz CT molecular complexity index is 898. The molecule has 1 aliphatic rings. The lowest BCUT2D eigenvalue weighted by atomic mass is 10.2. The van der Waals surface area contributed by atoms with Gasteiger partial charge in [0, 0.05) is 31.9 Å². The fourth-order valence-electron chi connectivity index (χ4n) is 3.06. The largest absolute Gasteiger partial charge is 0.573 e. The average Bonchev–Trinajstić information content (AvgIpc) is 2.69. The number of benzene rings is 2. The van der Waals surface area contributed by atoms with Gasteiger partial charge in [-0.05, 0) is 36.4 Å². The van der Waals surface area contributed by atoms with E-state index in [4.69, 9.17) is 11.6 Å². The van der Waals surface area contributed by atoms with E-state index in [2.05, 4.69) is 10.1 Å². The quantitative estimate of drug-likeness (QED) is 0.769. The molecule has 0 saturated carbocycles. The van der Waals surface area contributed by atoms with Gasteiger partial charge in [0.2, 0.25) is 5.91 Å². The molecule has 2 aromatic rings. The molecular formula is C20H19ClF3N3O3. The lowest BCUT2D eigenvalue weighted by Crippen LogP contribution is -2.50. The van der Waals surface area contributed by atoms with Crippen LogP contribution < -0.4 is 10.1 Å². The summed E-state index contributed by atoms with van der Waals surface area (Å²) in [7, 11) is 0. The third-order valence-corrected chi connectivity index (χ3v) is 4.83. The van der Waals surface area contributed by atoms with Crippen molar-refractivity contribution in [1.29, 1.82) is 0 Å². The standard InChI is InChI=1S/C20H19ClF3N3O3/c21-17-4-2-1-3-16(17)19(29)27-11-9-26(10-12-27)13-18(28)25-14-5-7-15(8-6-14)30-20(22,23)24/h1-8H,9-13H2,(H,25,28). The average molecular weight is 442 g/mol. The van der Waals surface area contributed by atoms with Crippen molar-refractivity contribution in [2.75, 3.05) is 38.0 Å². The van der Waals surface area contributed by atoms with Crippen LogP contribution in [0.25, 0.3) is 0 Å².